The molecule has 0 radical (unpaired) electrons. The van der Waals surface area contributed by atoms with E-state index in [-0.39, 0.29) is 17.1 Å². The van der Waals surface area contributed by atoms with Crippen LogP contribution in [0.15, 0.2) is 24.4 Å². The second kappa shape index (κ2) is 4.44. The van der Waals surface area contributed by atoms with Gasteiger partial charge in [0.1, 0.15) is 17.3 Å². The normalized spacial score (nSPS) is 10.4. The maximum absolute atomic E-state index is 12.9. The maximum atomic E-state index is 12.9. The highest BCUT2D eigenvalue weighted by Crippen LogP contribution is 2.16. The SMILES string of the molecule is Cn1ncc(N)c1C(=O)Nc1cc(F)cc(F)c1. The van der Waals surface area contributed by atoms with Gasteiger partial charge in [0, 0.05) is 18.8 Å². The number of hydrogen-bond donors (Lipinski definition) is 2. The molecular weight excluding hydrogens is 242 g/mol. The summed E-state index contributed by atoms with van der Waals surface area (Å²) in [6.45, 7) is 0. The number of amides is 1. The van der Waals surface area contributed by atoms with Gasteiger partial charge in [-0.2, -0.15) is 5.10 Å². The molecule has 5 nitrogen and oxygen atoms in total. The minimum Gasteiger partial charge on any atom is -0.396 e. The summed E-state index contributed by atoms with van der Waals surface area (Å²) in [6, 6.07) is 2.73. The second-order valence-electron chi connectivity index (χ2n) is 3.68. The van der Waals surface area contributed by atoms with Crippen LogP contribution >= 0.6 is 0 Å². The monoisotopic (exact) mass is 252 g/mol. The van der Waals surface area contributed by atoms with E-state index in [2.05, 4.69) is 10.4 Å². The highest BCUT2D eigenvalue weighted by molar-refractivity contribution is 6.06. The summed E-state index contributed by atoms with van der Waals surface area (Å²) < 4.78 is 27.2. The van der Waals surface area contributed by atoms with E-state index in [0.29, 0.717) is 6.07 Å². The first-order chi connectivity index (χ1) is 8.47. The Labute approximate surface area is 101 Å². The first-order valence-electron chi connectivity index (χ1n) is 5.02. The lowest BCUT2D eigenvalue weighted by atomic mass is 10.2. The smallest absolute Gasteiger partial charge is 0.276 e. The lowest BCUT2D eigenvalue weighted by molar-refractivity contribution is 0.101. The van der Waals surface area contributed by atoms with Crippen molar-refractivity contribution in [2.45, 2.75) is 0 Å². The zero-order valence-corrected chi connectivity index (χ0v) is 9.45. The first kappa shape index (κ1) is 12.0. The predicted molar refractivity (Wildman–Crippen MR) is 61.9 cm³/mol. The number of hydrogen-bond acceptors (Lipinski definition) is 3. The minimum absolute atomic E-state index is 0.0121. The summed E-state index contributed by atoms with van der Waals surface area (Å²) in [5.74, 6) is -2.14. The number of rotatable bonds is 2. The highest BCUT2D eigenvalue weighted by atomic mass is 19.1. The van der Waals surface area contributed by atoms with Gasteiger partial charge >= 0.3 is 0 Å². The third kappa shape index (κ3) is 2.29. The fourth-order valence-corrected chi connectivity index (χ4v) is 1.55. The number of aryl methyl sites for hydroxylation is 1. The summed E-state index contributed by atoms with van der Waals surface area (Å²) in [7, 11) is 1.54. The van der Waals surface area contributed by atoms with Gasteiger partial charge in [0.05, 0.1) is 11.9 Å². The summed E-state index contributed by atoms with van der Waals surface area (Å²) in [5, 5.41) is 6.14. The average Bonchev–Trinajstić information content (AvgIpc) is 2.56. The molecule has 2 rings (SSSR count). The predicted octanol–water partition coefficient (Wildman–Crippen LogP) is 1.53. The molecule has 0 aliphatic carbocycles. The average molecular weight is 252 g/mol. The van der Waals surface area contributed by atoms with Gasteiger partial charge in [-0.15, -0.1) is 0 Å². The Hall–Kier alpha value is -2.44. The van der Waals surface area contributed by atoms with E-state index in [1.54, 1.807) is 0 Å². The number of nitrogen functional groups attached to an aromatic ring is 1. The fourth-order valence-electron chi connectivity index (χ4n) is 1.55. The van der Waals surface area contributed by atoms with Crippen molar-refractivity contribution < 1.29 is 13.6 Å². The Morgan fingerprint density at radius 2 is 1.94 bits per heavy atom. The first-order valence-corrected chi connectivity index (χ1v) is 5.02. The van der Waals surface area contributed by atoms with Crippen LogP contribution in [0.4, 0.5) is 20.2 Å². The largest absolute Gasteiger partial charge is 0.396 e. The van der Waals surface area contributed by atoms with Crippen LogP contribution in [0.3, 0.4) is 0 Å². The Bertz CT molecular complexity index is 569. The number of nitrogens with zero attached hydrogens (tertiary/aromatic N) is 2. The maximum Gasteiger partial charge on any atom is 0.276 e. The van der Waals surface area contributed by atoms with E-state index in [1.165, 1.54) is 17.9 Å². The van der Waals surface area contributed by atoms with Crippen molar-refractivity contribution in [1.29, 1.82) is 0 Å². The van der Waals surface area contributed by atoms with Crippen LogP contribution in [0.2, 0.25) is 0 Å². The number of benzene rings is 1. The quantitative estimate of drug-likeness (QED) is 0.851. The summed E-state index contributed by atoms with van der Waals surface area (Å²) in [4.78, 5) is 11.8. The van der Waals surface area contributed by atoms with Crippen LogP contribution in [0.1, 0.15) is 10.5 Å². The van der Waals surface area contributed by atoms with Crippen LogP contribution in [0.25, 0.3) is 0 Å². The Kier molecular flexibility index (Phi) is 2.97. The number of halogens is 2. The zero-order valence-electron chi connectivity index (χ0n) is 9.45. The molecule has 0 saturated heterocycles. The Morgan fingerprint density at radius 3 is 2.44 bits per heavy atom. The standard InChI is InChI=1S/C11H10F2N4O/c1-17-10(9(14)5-15-17)11(18)16-8-3-6(12)2-7(13)4-8/h2-5H,14H2,1H3,(H,16,18). The van der Waals surface area contributed by atoms with Gasteiger partial charge in [0.2, 0.25) is 0 Å². The molecule has 2 aromatic rings. The molecule has 0 spiro atoms. The van der Waals surface area contributed by atoms with Gasteiger partial charge in [0.25, 0.3) is 5.91 Å². The third-order valence-corrected chi connectivity index (χ3v) is 2.30. The molecule has 0 aliphatic heterocycles. The molecule has 0 unspecified atom stereocenters. The van der Waals surface area contributed by atoms with E-state index in [9.17, 15) is 13.6 Å². The van der Waals surface area contributed by atoms with E-state index >= 15 is 0 Å². The minimum atomic E-state index is -0.775. The van der Waals surface area contributed by atoms with Crippen molar-refractivity contribution in [3.63, 3.8) is 0 Å². The molecule has 1 amide bonds. The van der Waals surface area contributed by atoms with Gasteiger partial charge in [0.15, 0.2) is 0 Å². The van der Waals surface area contributed by atoms with Crippen LogP contribution in [-0.4, -0.2) is 15.7 Å². The van der Waals surface area contributed by atoms with Crippen molar-refractivity contribution in [2.75, 3.05) is 11.1 Å². The van der Waals surface area contributed by atoms with Crippen molar-refractivity contribution in [1.82, 2.24) is 9.78 Å². The molecule has 18 heavy (non-hydrogen) atoms. The van der Waals surface area contributed by atoms with Gasteiger partial charge in [-0.05, 0) is 12.1 Å². The topological polar surface area (TPSA) is 72.9 Å². The number of carbonyl (C=O) groups excluding carboxylic acids is 1. The summed E-state index contributed by atoms with van der Waals surface area (Å²) in [6.07, 6.45) is 1.32. The lowest BCUT2D eigenvalue weighted by Gasteiger charge is -2.06. The van der Waals surface area contributed by atoms with Crippen molar-refractivity contribution in [3.05, 3.63) is 41.7 Å². The lowest BCUT2D eigenvalue weighted by Crippen LogP contribution is -2.17. The van der Waals surface area contributed by atoms with Crippen LogP contribution in [-0.2, 0) is 7.05 Å². The van der Waals surface area contributed by atoms with Crippen LogP contribution < -0.4 is 11.1 Å². The number of nitrogens with two attached hydrogens (primary N) is 1. The molecule has 0 saturated carbocycles. The molecule has 94 valence electrons. The van der Waals surface area contributed by atoms with Gasteiger partial charge < -0.3 is 11.1 Å². The second-order valence-corrected chi connectivity index (χ2v) is 3.68. The highest BCUT2D eigenvalue weighted by Gasteiger charge is 2.15. The van der Waals surface area contributed by atoms with E-state index in [0.717, 1.165) is 12.1 Å². The van der Waals surface area contributed by atoms with Crippen molar-refractivity contribution in [2.24, 2.45) is 7.05 Å². The Morgan fingerprint density at radius 1 is 1.33 bits per heavy atom. The van der Waals surface area contributed by atoms with Crippen molar-refractivity contribution in [3.8, 4) is 0 Å². The molecule has 1 aromatic heterocycles. The number of aromatic nitrogens is 2. The van der Waals surface area contributed by atoms with Crippen LogP contribution in [0.5, 0.6) is 0 Å². The molecule has 7 heteroatoms. The molecule has 0 atom stereocenters. The molecule has 1 heterocycles. The van der Waals surface area contributed by atoms with Gasteiger partial charge in [-0.1, -0.05) is 0 Å². The van der Waals surface area contributed by atoms with Gasteiger partial charge in [-0.25, -0.2) is 8.78 Å². The Balaban J connectivity index is 2.27. The molecule has 0 aliphatic rings. The fraction of sp³-hybridized carbons (Fsp3) is 0.0909. The summed E-state index contributed by atoms with van der Waals surface area (Å²) in [5.41, 5.74) is 5.89. The number of nitrogens with one attached hydrogen (secondary N) is 1. The molecule has 0 bridgehead atoms. The van der Waals surface area contributed by atoms with Crippen LogP contribution in [0, 0.1) is 11.6 Å². The third-order valence-electron chi connectivity index (χ3n) is 2.30. The van der Waals surface area contributed by atoms with Crippen molar-refractivity contribution >= 4 is 17.3 Å². The zero-order chi connectivity index (χ0) is 13.3. The molecule has 3 N–H and O–H groups in total. The number of anilines is 2. The van der Waals surface area contributed by atoms with E-state index < -0.39 is 17.5 Å². The number of carbonyl (C=O) groups is 1. The molecule has 0 fully saturated rings. The molecular formula is C11H10F2N4O. The van der Waals surface area contributed by atoms with E-state index in [4.69, 9.17) is 5.73 Å². The van der Waals surface area contributed by atoms with Gasteiger partial charge in [-0.3, -0.25) is 9.48 Å². The summed E-state index contributed by atoms with van der Waals surface area (Å²) >= 11 is 0. The molecule has 1 aromatic carbocycles. The van der Waals surface area contributed by atoms with E-state index in [1.807, 2.05) is 0 Å².